The van der Waals surface area contributed by atoms with Crippen LogP contribution in [0.1, 0.15) is 5.56 Å². The number of phenolic OH excluding ortho intramolecular Hbond substituents is 1. The molecule has 0 aliphatic carbocycles. The summed E-state index contributed by atoms with van der Waals surface area (Å²) in [6, 6.07) is 7.13. The average Bonchev–Trinajstić information content (AvgIpc) is 2.23. The lowest BCUT2D eigenvalue weighted by Crippen LogP contribution is -1.82. The van der Waals surface area contributed by atoms with Gasteiger partial charge in [-0.25, -0.2) is 4.79 Å². The van der Waals surface area contributed by atoms with Gasteiger partial charge in [0, 0.05) is 6.08 Å². The Morgan fingerprint density at radius 2 is 1.73 bits per heavy atom. The number of carboxylic acid groups (broad SMARTS) is 1. The van der Waals surface area contributed by atoms with Gasteiger partial charge in [0.15, 0.2) is 0 Å². The van der Waals surface area contributed by atoms with E-state index in [0.717, 1.165) is 12.5 Å². The van der Waals surface area contributed by atoms with Crippen molar-refractivity contribution in [1.29, 1.82) is 0 Å². The van der Waals surface area contributed by atoms with Crippen molar-refractivity contribution in [1.82, 2.24) is 0 Å². The van der Waals surface area contributed by atoms with Crippen molar-refractivity contribution in [3.05, 3.63) is 55.1 Å². The molecular formula is C12H14O3. The number of aliphatic carboxylic acids is 1. The summed E-state index contributed by atoms with van der Waals surface area (Å²) < 4.78 is 0. The molecule has 0 unspecified atom stereocenters. The van der Waals surface area contributed by atoms with Gasteiger partial charge in [-0.05, 0) is 24.1 Å². The summed E-state index contributed by atoms with van der Waals surface area (Å²) in [5.74, 6) is -0.669. The smallest absolute Gasteiger partial charge is 0.327 e. The number of benzene rings is 1. The third-order valence-electron chi connectivity index (χ3n) is 1.49. The van der Waals surface area contributed by atoms with Crippen molar-refractivity contribution < 1.29 is 15.0 Å². The third kappa shape index (κ3) is 7.07. The standard InChI is InChI=1S/C9H10O.C3H4O2/c1-2-3-8-4-6-9(10)7-5-8;1-2-3(4)5/h2,4-7,10H,1,3H2;2H,1H2,(H,4,5). The molecule has 0 fully saturated rings. The molecule has 0 aliphatic heterocycles. The predicted octanol–water partition coefficient (Wildman–Crippen LogP) is 2.38. The molecule has 1 aromatic rings. The van der Waals surface area contributed by atoms with Gasteiger partial charge in [-0.1, -0.05) is 24.8 Å². The van der Waals surface area contributed by atoms with Crippen LogP contribution in [0.4, 0.5) is 0 Å². The molecule has 0 aromatic heterocycles. The summed E-state index contributed by atoms with van der Waals surface area (Å²) in [7, 11) is 0. The highest BCUT2D eigenvalue weighted by Crippen LogP contribution is 2.09. The minimum atomic E-state index is -0.981. The summed E-state index contributed by atoms with van der Waals surface area (Å²) in [6.45, 7) is 6.58. The Morgan fingerprint density at radius 3 is 2.07 bits per heavy atom. The Morgan fingerprint density at radius 1 is 1.27 bits per heavy atom. The van der Waals surface area contributed by atoms with Gasteiger partial charge in [-0.15, -0.1) is 6.58 Å². The Labute approximate surface area is 89.0 Å². The van der Waals surface area contributed by atoms with Crippen molar-refractivity contribution in [3.63, 3.8) is 0 Å². The quantitative estimate of drug-likeness (QED) is 0.589. The molecule has 0 atom stereocenters. The Balaban J connectivity index is 0.000000336. The Hall–Kier alpha value is -2.03. The van der Waals surface area contributed by atoms with Crippen LogP contribution in [-0.4, -0.2) is 16.2 Å². The molecule has 3 nitrogen and oxygen atoms in total. The van der Waals surface area contributed by atoms with Gasteiger partial charge in [-0.3, -0.25) is 0 Å². The molecule has 0 amide bonds. The number of hydrogen-bond donors (Lipinski definition) is 2. The molecule has 0 saturated heterocycles. The van der Waals surface area contributed by atoms with Crippen LogP contribution in [0.2, 0.25) is 0 Å². The first-order valence-corrected chi connectivity index (χ1v) is 4.34. The summed E-state index contributed by atoms with van der Waals surface area (Å²) in [6.07, 6.45) is 3.53. The molecule has 0 aliphatic rings. The number of phenols is 1. The van der Waals surface area contributed by atoms with Crippen LogP contribution < -0.4 is 0 Å². The molecule has 2 N–H and O–H groups in total. The average molecular weight is 206 g/mol. The van der Waals surface area contributed by atoms with Crippen molar-refractivity contribution in [2.24, 2.45) is 0 Å². The highest BCUT2D eigenvalue weighted by atomic mass is 16.4. The Bertz CT molecular complexity index is 325. The van der Waals surface area contributed by atoms with E-state index in [1.165, 1.54) is 5.56 Å². The van der Waals surface area contributed by atoms with Crippen molar-refractivity contribution in [3.8, 4) is 5.75 Å². The Kier molecular flexibility index (Phi) is 6.38. The van der Waals surface area contributed by atoms with Crippen LogP contribution in [-0.2, 0) is 11.2 Å². The molecule has 0 radical (unpaired) electrons. The maximum absolute atomic E-state index is 9.25. The van der Waals surface area contributed by atoms with Crippen LogP contribution in [0.15, 0.2) is 49.6 Å². The van der Waals surface area contributed by atoms with Gasteiger partial charge >= 0.3 is 5.97 Å². The number of carbonyl (C=O) groups is 1. The van der Waals surface area contributed by atoms with E-state index >= 15 is 0 Å². The second kappa shape index (κ2) is 7.38. The highest BCUT2D eigenvalue weighted by molar-refractivity contribution is 5.78. The summed E-state index contributed by atoms with van der Waals surface area (Å²) in [5, 5.41) is 16.5. The fourth-order valence-corrected chi connectivity index (χ4v) is 0.799. The first kappa shape index (κ1) is 13.0. The minimum absolute atomic E-state index is 0.313. The summed E-state index contributed by atoms with van der Waals surface area (Å²) >= 11 is 0. The molecule has 1 rings (SSSR count). The van der Waals surface area contributed by atoms with Crippen LogP contribution >= 0.6 is 0 Å². The van der Waals surface area contributed by atoms with E-state index in [1.54, 1.807) is 12.1 Å². The molecule has 15 heavy (non-hydrogen) atoms. The molecule has 1 aromatic carbocycles. The fraction of sp³-hybridized carbons (Fsp3) is 0.0833. The number of hydrogen-bond acceptors (Lipinski definition) is 2. The number of aromatic hydroxyl groups is 1. The normalized spacial score (nSPS) is 8.27. The van der Waals surface area contributed by atoms with Crippen molar-refractivity contribution in [2.75, 3.05) is 0 Å². The molecule has 0 spiro atoms. The first-order valence-electron chi connectivity index (χ1n) is 4.34. The summed E-state index contributed by atoms with van der Waals surface area (Å²) in [5.41, 5.74) is 1.17. The fourth-order valence-electron chi connectivity index (χ4n) is 0.799. The van der Waals surface area contributed by atoms with E-state index in [2.05, 4.69) is 13.2 Å². The maximum atomic E-state index is 9.25. The van der Waals surface area contributed by atoms with E-state index in [0.29, 0.717) is 5.75 Å². The highest BCUT2D eigenvalue weighted by Gasteiger charge is 1.87. The second-order valence-corrected chi connectivity index (χ2v) is 2.70. The van der Waals surface area contributed by atoms with Crippen LogP contribution in [0.25, 0.3) is 0 Å². The van der Waals surface area contributed by atoms with Gasteiger partial charge in [0.05, 0.1) is 0 Å². The van der Waals surface area contributed by atoms with Crippen molar-refractivity contribution in [2.45, 2.75) is 6.42 Å². The lowest BCUT2D eigenvalue weighted by molar-refractivity contribution is -0.131. The molecule has 80 valence electrons. The number of rotatable bonds is 3. The van der Waals surface area contributed by atoms with Crippen LogP contribution in [0.5, 0.6) is 5.75 Å². The first-order chi connectivity index (χ1) is 7.10. The van der Waals surface area contributed by atoms with E-state index in [4.69, 9.17) is 10.2 Å². The van der Waals surface area contributed by atoms with Gasteiger partial charge in [0.2, 0.25) is 0 Å². The molecule has 0 saturated carbocycles. The van der Waals surface area contributed by atoms with E-state index < -0.39 is 5.97 Å². The zero-order valence-corrected chi connectivity index (χ0v) is 8.39. The summed E-state index contributed by atoms with van der Waals surface area (Å²) in [4.78, 5) is 9.25. The monoisotopic (exact) mass is 206 g/mol. The zero-order chi connectivity index (χ0) is 11.7. The predicted molar refractivity (Wildman–Crippen MR) is 59.8 cm³/mol. The maximum Gasteiger partial charge on any atom is 0.327 e. The van der Waals surface area contributed by atoms with Gasteiger partial charge in [0.25, 0.3) is 0 Å². The van der Waals surface area contributed by atoms with Crippen LogP contribution in [0.3, 0.4) is 0 Å². The number of allylic oxidation sites excluding steroid dienone is 1. The zero-order valence-electron chi connectivity index (χ0n) is 8.39. The van der Waals surface area contributed by atoms with Crippen molar-refractivity contribution >= 4 is 5.97 Å². The minimum Gasteiger partial charge on any atom is -0.508 e. The molecule has 0 heterocycles. The number of carboxylic acids is 1. The topological polar surface area (TPSA) is 57.5 Å². The van der Waals surface area contributed by atoms with Crippen LogP contribution in [0, 0.1) is 0 Å². The van der Waals surface area contributed by atoms with Gasteiger partial charge < -0.3 is 10.2 Å². The SMILES string of the molecule is C=CC(=O)O.C=CCc1ccc(O)cc1. The largest absolute Gasteiger partial charge is 0.508 e. The lowest BCUT2D eigenvalue weighted by Gasteiger charge is -1.94. The third-order valence-corrected chi connectivity index (χ3v) is 1.49. The van der Waals surface area contributed by atoms with Gasteiger partial charge in [-0.2, -0.15) is 0 Å². The molecular weight excluding hydrogens is 192 g/mol. The van der Waals surface area contributed by atoms with E-state index in [1.807, 2.05) is 18.2 Å². The van der Waals surface area contributed by atoms with E-state index in [-0.39, 0.29) is 0 Å². The lowest BCUT2D eigenvalue weighted by atomic mass is 10.1. The van der Waals surface area contributed by atoms with E-state index in [9.17, 15) is 4.79 Å². The molecule has 0 bridgehead atoms. The second-order valence-electron chi connectivity index (χ2n) is 2.70. The molecule has 3 heteroatoms. The van der Waals surface area contributed by atoms with Gasteiger partial charge in [0.1, 0.15) is 5.75 Å².